The highest BCUT2D eigenvalue weighted by Gasteiger charge is 2.09. The summed E-state index contributed by atoms with van der Waals surface area (Å²) in [4.78, 5) is 0. The third-order valence-electron chi connectivity index (χ3n) is 3.22. The lowest BCUT2D eigenvalue weighted by Crippen LogP contribution is -2.33. The van der Waals surface area contributed by atoms with Crippen LogP contribution in [-0.2, 0) is 0 Å². The normalized spacial score (nSPS) is 13.7. The van der Waals surface area contributed by atoms with Crippen LogP contribution in [0.25, 0.3) is 0 Å². The van der Waals surface area contributed by atoms with Crippen molar-refractivity contribution in [1.29, 1.82) is 0 Å². The number of aliphatic hydroxyl groups is 1. The monoisotopic (exact) mass is 305 g/mol. The molecule has 0 aliphatic carbocycles. The van der Waals surface area contributed by atoms with Crippen molar-refractivity contribution in [1.82, 2.24) is 5.32 Å². The molecule has 0 amide bonds. The highest BCUT2D eigenvalue weighted by molar-refractivity contribution is 6.30. The van der Waals surface area contributed by atoms with Gasteiger partial charge in [0.1, 0.15) is 18.5 Å². The Morgan fingerprint density at radius 1 is 1.10 bits per heavy atom. The molecule has 2 unspecified atom stereocenters. The number of benzene rings is 2. The fourth-order valence-corrected chi connectivity index (χ4v) is 2.08. The van der Waals surface area contributed by atoms with Crippen LogP contribution in [0, 0.1) is 0 Å². The molecule has 3 nitrogen and oxygen atoms in total. The second-order valence-electron chi connectivity index (χ2n) is 4.96. The lowest BCUT2D eigenvalue weighted by molar-refractivity contribution is 0.104. The molecule has 21 heavy (non-hydrogen) atoms. The molecular formula is C17H20ClNO2. The maximum atomic E-state index is 9.94. The minimum atomic E-state index is -0.556. The van der Waals surface area contributed by atoms with Gasteiger partial charge in [-0.25, -0.2) is 0 Å². The van der Waals surface area contributed by atoms with Gasteiger partial charge in [-0.05, 0) is 36.8 Å². The maximum Gasteiger partial charge on any atom is 0.119 e. The van der Waals surface area contributed by atoms with Crippen LogP contribution in [0.2, 0.25) is 5.02 Å². The van der Waals surface area contributed by atoms with E-state index in [1.165, 1.54) is 0 Å². The number of halogens is 1. The summed E-state index contributed by atoms with van der Waals surface area (Å²) in [5.41, 5.74) is 1.13. The van der Waals surface area contributed by atoms with E-state index in [4.69, 9.17) is 16.3 Å². The molecule has 2 atom stereocenters. The van der Waals surface area contributed by atoms with Gasteiger partial charge in [-0.15, -0.1) is 0 Å². The molecule has 4 heteroatoms. The average molecular weight is 306 g/mol. The number of ether oxygens (including phenoxy) is 1. The number of hydrogen-bond acceptors (Lipinski definition) is 3. The van der Waals surface area contributed by atoms with Crippen LogP contribution in [0.15, 0.2) is 54.6 Å². The number of para-hydroxylation sites is 1. The quantitative estimate of drug-likeness (QED) is 0.823. The van der Waals surface area contributed by atoms with E-state index in [0.717, 1.165) is 16.3 Å². The average Bonchev–Trinajstić information content (AvgIpc) is 2.52. The second kappa shape index (κ2) is 8.03. The summed E-state index contributed by atoms with van der Waals surface area (Å²) in [5, 5.41) is 13.9. The first kappa shape index (κ1) is 15.8. The highest BCUT2D eigenvalue weighted by atomic mass is 35.5. The smallest absolute Gasteiger partial charge is 0.119 e. The largest absolute Gasteiger partial charge is 0.491 e. The van der Waals surface area contributed by atoms with Crippen LogP contribution in [0.5, 0.6) is 5.75 Å². The summed E-state index contributed by atoms with van der Waals surface area (Å²) >= 11 is 5.87. The third kappa shape index (κ3) is 5.38. The van der Waals surface area contributed by atoms with Gasteiger partial charge in [-0.3, -0.25) is 0 Å². The van der Waals surface area contributed by atoms with E-state index >= 15 is 0 Å². The Kier molecular flexibility index (Phi) is 6.05. The SMILES string of the molecule is CC(NCC(O)COc1ccccc1)c1ccc(Cl)cc1. The van der Waals surface area contributed by atoms with E-state index < -0.39 is 6.10 Å². The Morgan fingerprint density at radius 2 is 1.76 bits per heavy atom. The van der Waals surface area contributed by atoms with Crippen molar-refractivity contribution in [3.05, 3.63) is 65.2 Å². The zero-order valence-electron chi connectivity index (χ0n) is 12.0. The first-order valence-electron chi connectivity index (χ1n) is 7.00. The molecule has 112 valence electrons. The molecule has 2 aromatic carbocycles. The fraction of sp³-hybridized carbons (Fsp3) is 0.294. The molecule has 0 radical (unpaired) electrons. The maximum absolute atomic E-state index is 9.94. The topological polar surface area (TPSA) is 41.5 Å². The number of aliphatic hydroxyl groups excluding tert-OH is 1. The molecule has 0 aromatic heterocycles. The third-order valence-corrected chi connectivity index (χ3v) is 3.47. The van der Waals surface area contributed by atoms with Gasteiger partial charge in [0.05, 0.1) is 0 Å². The van der Waals surface area contributed by atoms with Crippen molar-refractivity contribution >= 4 is 11.6 Å². The molecule has 0 fully saturated rings. The van der Waals surface area contributed by atoms with Crippen LogP contribution in [-0.4, -0.2) is 24.4 Å². The van der Waals surface area contributed by atoms with E-state index in [-0.39, 0.29) is 12.6 Å². The summed E-state index contributed by atoms with van der Waals surface area (Å²) in [6.07, 6.45) is -0.556. The summed E-state index contributed by atoms with van der Waals surface area (Å²) in [6.45, 7) is 2.79. The zero-order valence-corrected chi connectivity index (χ0v) is 12.8. The highest BCUT2D eigenvalue weighted by Crippen LogP contribution is 2.16. The van der Waals surface area contributed by atoms with Crippen LogP contribution < -0.4 is 10.1 Å². The van der Waals surface area contributed by atoms with Crippen molar-refractivity contribution < 1.29 is 9.84 Å². The van der Waals surface area contributed by atoms with Crippen molar-refractivity contribution in [2.45, 2.75) is 19.1 Å². The van der Waals surface area contributed by atoms with Crippen LogP contribution in [0.3, 0.4) is 0 Å². The first-order chi connectivity index (χ1) is 10.1. The number of nitrogens with one attached hydrogen (secondary N) is 1. The molecule has 0 saturated heterocycles. The van der Waals surface area contributed by atoms with Gasteiger partial charge in [0.25, 0.3) is 0 Å². The summed E-state index contributed by atoms with van der Waals surface area (Å²) in [6, 6.07) is 17.3. The predicted octanol–water partition coefficient (Wildman–Crippen LogP) is 3.43. The van der Waals surface area contributed by atoms with Crippen LogP contribution in [0.4, 0.5) is 0 Å². The lowest BCUT2D eigenvalue weighted by Gasteiger charge is -2.18. The van der Waals surface area contributed by atoms with Gasteiger partial charge in [-0.2, -0.15) is 0 Å². The molecule has 0 aliphatic rings. The molecule has 0 heterocycles. The predicted molar refractivity (Wildman–Crippen MR) is 85.8 cm³/mol. The van der Waals surface area contributed by atoms with Crippen molar-refractivity contribution in [3.8, 4) is 5.75 Å². The molecule has 0 spiro atoms. The van der Waals surface area contributed by atoms with Gasteiger partial charge in [0, 0.05) is 17.6 Å². The Morgan fingerprint density at radius 3 is 2.43 bits per heavy atom. The van der Waals surface area contributed by atoms with Gasteiger partial charge in [-0.1, -0.05) is 41.9 Å². The van der Waals surface area contributed by atoms with E-state index in [2.05, 4.69) is 5.32 Å². The van der Waals surface area contributed by atoms with E-state index in [1.54, 1.807) is 0 Å². The van der Waals surface area contributed by atoms with Crippen molar-refractivity contribution in [2.24, 2.45) is 0 Å². The molecule has 0 saturated carbocycles. The Bertz CT molecular complexity index is 530. The standard InChI is InChI=1S/C17H20ClNO2/c1-13(14-7-9-15(18)10-8-14)19-11-16(20)12-21-17-5-3-2-4-6-17/h2-10,13,16,19-20H,11-12H2,1H3. The van der Waals surface area contributed by atoms with Crippen molar-refractivity contribution in [2.75, 3.05) is 13.2 Å². The Balaban J connectivity index is 1.73. The molecule has 2 N–H and O–H groups in total. The van der Waals surface area contributed by atoms with Gasteiger partial charge < -0.3 is 15.2 Å². The first-order valence-corrected chi connectivity index (χ1v) is 7.37. The second-order valence-corrected chi connectivity index (χ2v) is 5.40. The zero-order chi connectivity index (χ0) is 15.1. The number of hydrogen-bond donors (Lipinski definition) is 2. The minimum Gasteiger partial charge on any atom is -0.491 e. The van der Waals surface area contributed by atoms with Gasteiger partial charge in [0.15, 0.2) is 0 Å². The molecule has 2 rings (SSSR count). The summed E-state index contributed by atoms with van der Waals surface area (Å²) < 4.78 is 5.51. The van der Waals surface area contributed by atoms with Crippen LogP contribution in [0.1, 0.15) is 18.5 Å². The van der Waals surface area contributed by atoms with Gasteiger partial charge in [0.2, 0.25) is 0 Å². The van der Waals surface area contributed by atoms with E-state index in [0.29, 0.717) is 6.54 Å². The van der Waals surface area contributed by atoms with E-state index in [1.807, 2.05) is 61.5 Å². The molecule has 0 bridgehead atoms. The Labute approximate surface area is 130 Å². The summed E-state index contributed by atoms with van der Waals surface area (Å²) in [7, 11) is 0. The van der Waals surface area contributed by atoms with E-state index in [9.17, 15) is 5.11 Å². The molecule has 0 aliphatic heterocycles. The minimum absolute atomic E-state index is 0.147. The Hall–Kier alpha value is -1.55. The van der Waals surface area contributed by atoms with Crippen molar-refractivity contribution in [3.63, 3.8) is 0 Å². The fourth-order valence-electron chi connectivity index (χ4n) is 1.95. The number of rotatable bonds is 7. The summed E-state index contributed by atoms with van der Waals surface area (Å²) in [5.74, 6) is 0.766. The van der Waals surface area contributed by atoms with Crippen LogP contribution >= 0.6 is 11.6 Å². The lowest BCUT2D eigenvalue weighted by atomic mass is 10.1. The van der Waals surface area contributed by atoms with Gasteiger partial charge >= 0.3 is 0 Å². The molecular weight excluding hydrogens is 286 g/mol. The molecule has 2 aromatic rings.